The summed E-state index contributed by atoms with van der Waals surface area (Å²) in [6, 6.07) is 5.53. The van der Waals surface area contributed by atoms with E-state index in [0.717, 1.165) is 23.2 Å². The van der Waals surface area contributed by atoms with Crippen LogP contribution in [0, 0.1) is 5.92 Å². The number of anilines is 1. The molecule has 0 aliphatic rings. The molecular weight excluding hydrogens is 292 g/mol. The average Bonchev–Trinajstić information content (AvgIpc) is 2.53. The Morgan fingerprint density at radius 1 is 1.35 bits per heavy atom. The van der Waals surface area contributed by atoms with Crippen LogP contribution in [0.25, 0.3) is 11.1 Å². The Balaban J connectivity index is 2.58. The van der Waals surface area contributed by atoms with Gasteiger partial charge in [0.2, 0.25) is 0 Å². The van der Waals surface area contributed by atoms with Gasteiger partial charge in [-0.2, -0.15) is 0 Å². The van der Waals surface area contributed by atoms with Crippen LogP contribution >= 0.6 is 0 Å². The summed E-state index contributed by atoms with van der Waals surface area (Å²) >= 11 is 0. The lowest BCUT2D eigenvalue weighted by Crippen LogP contribution is -2.18. The van der Waals surface area contributed by atoms with Crippen molar-refractivity contribution in [3.63, 3.8) is 0 Å². The zero-order valence-corrected chi connectivity index (χ0v) is 13.4. The van der Waals surface area contributed by atoms with Crippen LogP contribution in [0.3, 0.4) is 0 Å². The molecule has 23 heavy (non-hydrogen) atoms. The largest absolute Gasteiger partial charge is 0.395 e. The predicted octanol–water partition coefficient (Wildman–Crippen LogP) is 1.85. The van der Waals surface area contributed by atoms with E-state index < -0.39 is 5.91 Å². The summed E-state index contributed by atoms with van der Waals surface area (Å²) in [5.74, 6) is 0.276. The van der Waals surface area contributed by atoms with E-state index in [0.29, 0.717) is 23.8 Å². The van der Waals surface area contributed by atoms with Crippen LogP contribution in [0.4, 0.5) is 5.82 Å². The van der Waals surface area contributed by atoms with E-state index in [4.69, 9.17) is 10.8 Å². The summed E-state index contributed by atoms with van der Waals surface area (Å²) < 4.78 is 0. The van der Waals surface area contributed by atoms with Crippen molar-refractivity contribution in [1.82, 2.24) is 9.97 Å². The van der Waals surface area contributed by atoms with Crippen molar-refractivity contribution >= 4 is 11.7 Å². The molecule has 122 valence electrons. The molecule has 2 aromatic heterocycles. The zero-order valence-electron chi connectivity index (χ0n) is 13.4. The molecule has 0 bridgehead atoms. The minimum Gasteiger partial charge on any atom is -0.395 e. The number of amides is 1. The quantitative estimate of drug-likeness (QED) is 0.724. The minimum atomic E-state index is -0.552. The molecule has 0 aliphatic carbocycles. The van der Waals surface area contributed by atoms with Crippen LogP contribution in [0.15, 0.2) is 30.6 Å². The summed E-state index contributed by atoms with van der Waals surface area (Å²) in [4.78, 5) is 20.4. The Bertz CT molecular complexity index is 672. The van der Waals surface area contributed by atoms with Crippen molar-refractivity contribution in [3.8, 4) is 11.1 Å². The second kappa shape index (κ2) is 7.69. The van der Waals surface area contributed by atoms with Gasteiger partial charge in [-0.05, 0) is 36.1 Å². The van der Waals surface area contributed by atoms with Crippen LogP contribution in [-0.2, 0) is 6.42 Å². The lowest BCUT2D eigenvalue weighted by molar-refractivity contribution is 0.100. The predicted molar refractivity (Wildman–Crippen MR) is 90.1 cm³/mol. The number of hydrogen-bond acceptors (Lipinski definition) is 5. The highest BCUT2D eigenvalue weighted by Gasteiger charge is 2.17. The van der Waals surface area contributed by atoms with E-state index in [1.165, 1.54) is 0 Å². The molecule has 2 heterocycles. The lowest BCUT2D eigenvalue weighted by Gasteiger charge is -2.16. The van der Waals surface area contributed by atoms with Crippen LogP contribution in [0.5, 0.6) is 0 Å². The Labute approximate surface area is 135 Å². The summed E-state index contributed by atoms with van der Waals surface area (Å²) in [6.45, 7) is 4.48. The third-order valence-electron chi connectivity index (χ3n) is 3.36. The van der Waals surface area contributed by atoms with E-state index in [2.05, 4.69) is 29.1 Å². The number of primary amides is 1. The van der Waals surface area contributed by atoms with E-state index in [-0.39, 0.29) is 6.61 Å². The summed E-state index contributed by atoms with van der Waals surface area (Å²) in [5.41, 5.74) is 8.52. The van der Waals surface area contributed by atoms with E-state index in [9.17, 15) is 4.79 Å². The molecule has 2 rings (SSSR count). The molecule has 6 nitrogen and oxygen atoms in total. The minimum absolute atomic E-state index is 0.0501. The molecule has 0 saturated carbocycles. The topological polar surface area (TPSA) is 101 Å². The fourth-order valence-electron chi connectivity index (χ4n) is 2.37. The first kappa shape index (κ1) is 16.9. The van der Waals surface area contributed by atoms with Crippen LogP contribution in [0.1, 0.15) is 29.9 Å². The first-order valence-corrected chi connectivity index (χ1v) is 7.61. The smallest absolute Gasteiger partial charge is 0.252 e. The average molecular weight is 314 g/mol. The molecule has 0 spiro atoms. The van der Waals surface area contributed by atoms with Crippen molar-refractivity contribution < 1.29 is 9.90 Å². The van der Waals surface area contributed by atoms with E-state index >= 15 is 0 Å². The number of carbonyl (C=O) groups excluding carboxylic acids is 1. The number of carbonyl (C=O) groups is 1. The van der Waals surface area contributed by atoms with Gasteiger partial charge >= 0.3 is 0 Å². The molecule has 0 atom stereocenters. The molecule has 0 aromatic carbocycles. The van der Waals surface area contributed by atoms with Crippen LogP contribution < -0.4 is 11.1 Å². The number of hydrogen-bond donors (Lipinski definition) is 3. The number of pyridine rings is 2. The maximum Gasteiger partial charge on any atom is 0.252 e. The van der Waals surface area contributed by atoms with Crippen molar-refractivity contribution in [2.45, 2.75) is 20.3 Å². The highest BCUT2D eigenvalue weighted by atomic mass is 16.3. The molecule has 0 saturated heterocycles. The molecule has 2 aromatic rings. The van der Waals surface area contributed by atoms with Gasteiger partial charge in [-0.3, -0.25) is 9.78 Å². The van der Waals surface area contributed by atoms with Gasteiger partial charge in [0.15, 0.2) is 0 Å². The summed E-state index contributed by atoms with van der Waals surface area (Å²) in [5, 5.41) is 12.0. The van der Waals surface area contributed by atoms with Crippen molar-refractivity contribution in [2.24, 2.45) is 11.7 Å². The fraction of sp³-hybridized carbons (Fsp3) is 0.353. The van der Waals surface area contributed by atoms with E-state index in [1.807, 2.05) is 12.1 Å². The van der Waals surface area contributed by atoms with Crippen LogP contribution in [0.2, 0.25) is 0 Å². The maximum absolute atomic E-state index is 11.8. The Hall–Kier alpha value is -2.47. The van der Waals surface area contributed by atoms with Crippen LogP contribution in [-0.4, -0.2) is 34.1 Å². The molecule has 0 unspecified atom stereocenters. The Kier molecular flexibility index (Phi) is 5.65. The first-order valence-electron chi connectivity index (χ1n) is 7.61. The molecule has 1 amide bonds. The Morgan fingerprint density at radius 2 is 2.04 bits per heavy atom. The number of rotatable bonds is 7. The molecule has 6 heteroatoms. The zero-order chi connectivity index (χ0) is 16.8. The fourth-order valence-corrected chi connectivity index (χ4v) is 2.37. The summed E-state index contributed by atoms with van der Waals surface area (Å²) in [6.07, 6.45) is 4.18. The molecule has 0 radical (unpaired) electrons. The number of aromatic nitrogens is 2. The van der Waals surface area contributed by atoms with Gasteiger partial charge in [0, 0.05) is 24.5 Å². The molecule has 0 fully saturated rings. The maximum atomic E-state index is 11.8. The first-order chi connectivity index (χ1) is 11.0. The normalized spacial score (nSPS) is 10.8. The van der Waals surface area contributed by atoms with Gasteiger partial charge < -0.3 is 16.2 Å². The third-order valence-corrected chi connectivity index (χ3v) is 3.36. The van der Waals surface area contributed by atoms with Gasteiger partial charge in [-0.25, -0.2) is 4.98 Å². The lowest BCUT2D eigenvalue weighted by atomic mass is 9.97. The van der Waals surface area contributed by atoms with E-state index in [1.54, 1.807) is 18.5 Å². The SMILES string of the molecule is CC(C)Cc1nc(NCCO)c(C(N)=O)cc1-c1ccncc1. The van der Waals surface area contributed by atoms with Gasteiger partial charge in [-0.1, -0.05) is 13.8 Å². The molecular formula is C17H22N4O2. The monoisotopic (exact) mass is 314 g/mol. The van der Waals surface area contributed by atoms with Crippen molar-refractivity contribution in [2.75, 3.05) is 18.5 Å². The third kappa shape index (κ3) is 4.26. The number of aliphatic hydroxyl groups is 1. The number of aliphatic hydroxyl groups excluding tert-OH is 1. The number of nitrogens with two attached hydrogens (primary N) is 1. The van der Waals surface area contributed by atoms with Gasteiger partial charge in [0.1, 0.15) is 5.82 Å². The second-order valence-electron chi connectivity index (χ2n) is 5.73. The van der Waals surface area contributed by atoms with Gasteiger partial charge in [0.25, 0.3) is 5.91 Å². The van der Waals surface area contributed by atoms with Gasteiger partial charge in [-0.15, -0.1) is 0 Å². The summed E-state index contributed by atoms with van der Waals surface area (Å²) in [7, 11) is 0. The van der Waals surface area contributed by atoms with Crippen molar-refractivity contribution in [1.29, 1.82) is 0 Å². The highest BCUT2D eigenvalue weighted by Crippen LogP contribution is 2.28. The van der Waals surface area contributed by atoms with Crippen molar-refractivity contribution in [3.05, 3.63) is 41.9 Å². The Morgan fingerprint density at radius 3 is 2.61 bits per heavy atom. The number of nitrogens with one attached hydrogen (secondary N) is 1. The molecule has 0 aliphatic heterocycles. The standard InChI is InChI=1S/C17H22N4O2/c1-11(2)9-15-13(12-3-5-19-6-4-12)10-14(16(18)23)17(21-15)20-7-8-22/h3-6,10-11,22H,7-9H2,1-2H3,(H2,18,23)(H,20,21). The number of nitrogens with zero attached hydrogens (tertiary/aromatic N) is 2. The molecule has 4 N–H and O–H groups in total. The van der Waals surface area contributed by atoms with Gasteiger partial charge in [0.05, 0.1) is 17.9 Å². The highest BCUT2D eigenvalue weighted by molar-refractivity contribution is 5.99. The second-order valence-corrected chi connectivity index (χ2v) is 5.73.